The lowest BCUT2D eigenvalue weighted by atomic mass is 10.2. The minimum atomic E-state index is -4.10. The third-order valence-electron chi connectivity index (χ3n) is 2.96. The first kappa shape index (κ1) is 15.9. The van der Waals surface area contributed by atoms with Gasteiger partial charge in [-0.1, -0.05) is 6.07 Å². The van der Waals surface area contributed by atoms with Crippen LogP contribution in [0, 0.1) is 25.5 Å². The van der Waals surface area contributed by atoms with Crippen LogP contribution in [0.1, 0.15) is 16.0 Å². The van der Waals surface area contributed by atoms with Crippen molar-refractivity contribution in [2.75, 3.05) is 4.72 Å². The third-order valence-corrected chi connectivity index (χ3v) is 5.80. The molecule has 0 saturated carbocycles. The van der Waals surface area contributed by atoms with E-state index in [2.05, 4.69) is 0 Å². The van der Waals surface area contributed by atoms with E-state index in [0.717, 1.165) is 6.07 Å². The van der Waals surface area contributed by atoms with Crippen LogP contribution in [-0.4, -0.2) is 8.42 Å². The summed E-state index contributed by atoms with van der Waals surface area (Å²) < 4.78 is 54.4. The number of hydrogen-bond donors (Lipinski definition) is 2. The van der Waals surface area contributed by atoms with Gasteiger partial charge >= 0.3 is 0 Å². The first-order chi connectivity index (χ1) is 9.77. The van der Waals surface area contributed by atoms with Crippen LogP contribution in [0.5, 0.6) is 0 Å². The first-order valence-corrected chi connectivity index (χ1v) is 8.38. The molecule has 0 aliphatic heterocycles. The van der Waals surface area contributed by atoms with Gasteiger partial charge in [-0.25, -0.2) is 17.2 Å². The summed E-state index contributed by atoms with van der Waals surface area (Å²) in [7, 11) is -4.10. The summed E-state index contributed by atoms with van der Waals surface area (Å²) in [5.74, 6) is -1.90. The molecule has 0 bridgehead atoms. The van der Waals surface area contributed by atoms with Crippen molar-refractivity contribution in [2.45, 2.75) is 25.3 Å². The lowest BCUT2D eigenvalue weighted by Gasteiger charge is -2.12. The highest BCUT2D eigenvalue weighted by atomic mass is 32.2. The Hall–Kier alpha value is -1.51. The van der Waals surface area contributed by atoms with Crippen LogP contribution in [0.2, 0.25) is 0 Å². The molecule has 0 fully saturated rings. The van der Waals surface area contributed by atoms with Crippen molar-refractivity contribution in [1.29, 1.82) is 0 Å². The minimum absolute atomic E-state index is 0.0182. The maximum absolute atomic E-state index is 13.9. The Bertz CT molecular complexity index is 786. The molecule has 0 saturated heterocycles. The maximum Gasteiger partial charge on any atom is 0.263 e. The summed E-state index contributed by atoms with van der Waals surface area (Å²) >= 11 is 1.19. The molecule has 4 nitrogen and oxygen atoms in total. The number of thiophene rings is 1. The van der Waals surface area contributed by atoms with Gasteiger partial charge in [0.15, 0.2) is 5.82 Å². The minimum Gasteiger partial charge on any atom is -0.326 e. The van der Waals surface area contributed by atoms with Crippen molar-refractivity contribution in [1.82, 2.24) is 0 Å². The molecule has 0 radical (unpaired) electrons. The lowest BCUT2D eigenvalue weighted by molar-refractivity contribution is 0.578. The van der Waals surface area contributed by atoms with Gasteiger partial charge in [0.1, 0.15) is 16.4 Å². The van der Waals surface area contributed by atoms with Gasteiger partial charge in [-0.2, -0.15) is 0 Å². The molecule has 2 rings (SSSR count). The standard InChI is InChI=1S/C13H14F2N2O2S2/c1-7-3-4-9(14)12(11(7)15)17-21(18,19)13-8(2)6-20-10(13)5-16/h3-4,6,17H,5,16H2,1-2H3. The SMILES string of the molecule is Cc1ccc(F)c(NS(=O)(=O)c2c(C)csc2CN)c1F. The van der Waals surface area contributed by atoms with E-state index >= 15 is 0 Å². The van der Waals surface area contributed by atoms with Gasteiger partial charge in [-0.3, -0.25) is 4.72 Å². The van der Waals surface area contributed by atoms with Gasteiger partial charge < -0.3 is 5.73 Å². The Morgan fingerprint density at radius 1 is 1.24 bits per heavy atom. The molecule has 1 aromatic carbocycles. The molecule has 114 valence electrons. The molecule has 0 atom stereocenters. The summed E-state index contributed by atoms with van der Waals surface area (Å²) in [5.41, 5.74) is 5.47. The predicted molar refractivity (Wildman–Crippen MR) is 78.9 cm³/mol. The van der Waals surface area contributed by atoms with E-state index in [9.17, 15) is 17.2 Å². The molecule has 1 heterocycles. The Labute approximate surface area is 125 Å². The van der Waals surface area contributed by atoms with Crippen LogP contribution in [0.15, 0.2) is 22.4 Å². The number of anilines is 1. The van der Waals surface area contributed by atoms with Gasteiger partial charge in [-0.05, 0) is 36.4 Å². The summed E-state index contributed by atoms with van der Waals surface area (Å²) in [6.45, 7) is 3.06. The fourth-order valence-electron chi connectivity index (χ4n) is 1.92. The van der Waals surface area contributed by atoms with E-state index in [-0.39, 0.29) is 17.0 Å². The van der Waals surface area contributed by atoms with Gasteiger partial charge in [0, 0.05) is 11.4 Å². The molecule has 2 aromatic rings. The van der Waals surface area contributed by atoms with Crippen molar-refractivity contribution in [2.24, 2.45) is 5.73 Å². The molecule has 0 aliphatic rings. The van der Waals surface area contributed by atoms with E-state index in [4.69, 9.17) is 5.73 Å². The van der Waals surface area contributed by atoms with Crippen molar-refractivity contribution in [3.8, 4) is 0 Å². The normalized spacial score (nSPS) is 11.7. The van der Waals surface area contributed by atoms with Crippen LogP contribution >= 0.6 is 11.3 Å². The summed E-state index contributed by atoms with van der Waals surface area (Å²) in [4.78, 5) is 0.420. The number of nitrogens with one attached hydrogen (secondary N) is 1. The zero-order valence-corrected chi connectivity index (χ0v) is 13.0. The summed E-state index contributed by atoms with van der Waals surface area (Å²) in [5, 5.41) is 1.64. The molecular weight excluding hydrogens is 318 g/mol. The number of rotatable bonds is 4. The average molecular weight is 332 g/mol. The molecule has 21 heavy (non-hydrogen) atoms. The predicted octanol–water partition coefficient (Wildman–Crippen LogP) is 2.90. The highest BCUT2D eigenvalue weighted by molar-refractivity contribution is 7.93. The molecule has 0 spiro atoms. The second kappa shape index (κ2) is 5.70. The molecule has 3 N–H and O–H groups in total. The molecule has 0 amide bonds. The second-order valence-electron chi connectivity index (χ2n) is 4.53. The highest BCUT2D eigenvalue weighted by Crippen LogP contribution is 2.30. The van der Waals surface area contributed by atoms with Crippen LogP contribution in [0.4, 0.5) is 14.5 Å². The topological polar surface area (TPSA) is 72.2 Å². The van der Waals surface area contributed by atoms with Gasteiger partial charge in [0.2, 0.25) is 0 Å². The number of sulfonamides is 1. The zero-order chi connectivity index (χ0) is 15.8. The van der Waals surface area contributed by atoms with Gasteiger partial charge in [0.25, 0.3) is 10.0 Å². The number of benzene rings is 1. The Morgan fingerprint density at radius 3 is 2.52 bits per heavy atom. The summed E-state index contributed by atoms with van der Waals surface area (Å²) in [6.07, 6.45) is 0. The Balaban J connectivity index is 2.53. The van der Waals surface area contributed by atoms with Crippen molar-refractivity contribution in [3.63, 3.8) is 0 Å². The maximum atomic E-state index is 13.9. The fourth-order valence-corrected chi connectivity index (χ4v) is 4.70. The molecule has 8 heteroatoms. The molecule has 0 unspecified atom stereocenters. The Kier molecular flexibility index (Phi) is 4.31. The highest BCUT2D eigenvalue weighted by Gasteiger charge is 2.25. The number of halogens is 2. The van der Waals surface area contributed by atoms with E-state index in [1.807, 2.05) is 4.72 Å². The average Bonchev–Trinajstić information content (AvgIpc) is 2.81. The van der Waals surface area contributed by atoms with E-state index in [0.29, 0.717) is 10.4 Å². The third kappa shape index (κ3) is 2.92. The second-order valence-corrected chi connectivity index (χ2v) is 7.12. The number of hydrogen-bond acceptors (Lipinski definition) is 4. The van der Waals surface area contributed by atoms with Crippen LogP contribution < -0.4 is 10.5 Å². The number of nitrogens with two attached hydrogens (primary N) is 1. The van der Waals surface area contributed by atoms with Crippen molar-refractivity contribution >= 4 is 27.0 Å². The monoisotopic (exact) mass is 332 g/mol. The van der Waals surface area contributed by atoms with Crippen LogP contribution in [0.3, 0.4) is 0 Å². The molecule has 1 aromatic heterocycles. The van der Waals surface area contributed by atoms with E-state index in [1.165, 1.54) is 24.3 Å². The molecular formula is C13H14F2N2O2S2. The van der Waals surface area contributed by atoms with Gasteiger partial charge in [0.05, 0.1) is 0 Å². The van der Waals surface area contributed by atoms with Gasteiger partial charge in [-0.15, -0.1) is 11.3 Å². The van der Waals surface area contributed by atoms with E-state index in [1.54, 1.807) is 12.3 Å². The fraction of sp³-hybridized carbons (Fsp3) is 0.231. The van der Waals surface area contributed by atoms with Crippen molar-refractivity contribution < 1.29 is 17.2 Å². The zero-order valence-electron chi connectivity index (χ0n) is 11.4. The summed E-state index contributed by atoms with van der Waals surface area (Å²) in [6, 6.07) is 2.25. The molecule has 0 aliphatic carbocycles. The number of aryl methyl sites for hydroxylation is 2. The first-order valence-electron chi connectivity index (χ1n) is 6.02. The van der Waals surface area contributed by atoms with Crippen LogP contribution in [-0.2, 0) is 16.6 Å². The quantitative estimate of drug-likeness (QED) is 0.904. The lowest BCUT2D eigenvalue weighted by Crippen LogP contribution is -2.18. The van der Waals surface area contributed by atoms with Crippen LogP contribution in [0.25, 0.3) is 0 Å². The van der Waals surface area contributed by atoms with Crippen molar-refractivity contribution in [3.05, 3.63) is 45.2 Å². The largest absolute Gasteiger partial charge is 0.326 e. The Morgan fingerprint density at radius 2 is 1.90 bits per heavy atom. The smallest absolute Gasteiger partial charge is 0.263 e. The van der Waals surface area contributed by atoms with E-state index < -0.39 is 27.3 Å².